The van der Waals surface area contributed by atoms with Crippen molar-refractivity contribution >= 4 is 15.7 Å². The van der Waals surface area contributed by atoms with E-state index in [0.717, 1.165) is 6.07 Å². The zero-order valence-electron chi connectivity index (χ0n) is 12.1. The van der Waals surface area contributed by atoms with Gasteiger partial charge in [-0.05, 0) is 24.6 Å². The van der Waals surface area contributed by atoms with Crippen LogP contribution in [-0.2, 0) is 16.6 Å². The summed E-state index contributed by atoms with van der Waals surface area (Å²) in [5.74, 6) is 5.00. The van der Waals surface area contributed by atoms with Crippen LogP contribution in [0.4, 0.5) is 5.69 Å². The lowest BCUT2D eigenvalue weighted by molar-refractivity contribution is -0.385. The number of sulfonamides is 1. The predicted octanol–water partition coefficient (Wildman–Crippen LogP) is 1.03. The smallest absolute Gasteiger partial charge is 0.271 e. The first-order chi connectivity index (χ1) is 10.8. The highest BCUT2D eigenvalue weighted by Gasteiger charge is 2.25. The number of aromatic nitrogens is 1. The maximum Gasteiger partial charge on any atom is 0.271 e. The average Bonchev–Trinajstić information content (AvgIpc) is 2.53. The number of nitrogens with one attached hydrogen (secondary N) is 1. The summed E-state index contributed by atoms with van der Waals surface area (Å²) >= 11 is 0. The number of nitrogens with two attached hydrogens (primary N) is 1. The maximum absolute atomic E-state index is 12.0. The summed E-state index contributed by atoms with van der Waals surface area (Å²) in [6.07, 6.45) is 1.57. The zero-order valence-corrected chi connectivity index (χ0v) is 12.9. The number of rotatable bonds is 6. The van der Waals surface area contributed by atoms with Gasteiger partial charge in [-0.3, -0.25) is 20.9 Å². The Kier molecular flexibility index (Phi) is 4.89. The van der Waals surface area contributed by atoms with Gasteiger partial charge in [-0.1, -0.05) is 6.07 Å². The van der Waals surface area contributed by atoms with Crippen molar-refractivity contribution in [3.8, 4) is 5.75 Å². The van der Waals surface area contributed by atoms with Crippen molar-refractivity contribution in [1.82, 2.24) is 9.82 Å². The van der Waals surface area contributed by atoms with Crippen LogP contribution >= 0.6 is 0 Å². The molecule has 9 nitrogen and oxygen atoms in total. The molecule has 1 aromatic carbocycles. The molecule has 23 heavy (non-hydrogen) atoms. The van der Waals surface area contributed by atoms with Crippen molar-refractivity contribution in [2.24, 2.45) is 5.84 Å². The van der Waals surface area contributed by atoms with Crippen molar-refractivity contribution in [2.45, 2.75) is 18.4 Å². The average molecular weight is 338 g/mol. The standard InChI is InChI=1S/C13H14N4O5S/c1-9-6-11(17(18)19)7-12(23(20,21)16-14)13(9)22-8-10-4-2-3-5-15-10/h2-7,16H,8,14H2,1H3. The number of benzene rings is 1. The van der Waals surface area contributed by atoms with E-state index in [9.17, 15) is 18.5 Å². The van der Waals surface area contributed by atoms with Crippen molar-refractivity contribution in [2.75, 3.05) is 0 Å². The second-order valence-electron chi connectivity index (χ2n) is 4.58. The molecular formula is C13H14N4O5S. The minimum Gasteiger partial charge on any atom is -0.486 e. The summed E-state index contributed by atoms with van der Waals surface area (Å²) in [7, 11) is -4.13. The van der Waals surface area contributed by atoms with E-state index >= 15 is 0 Å². The van der Waals surface area contributed by atoms with E-state index < -0.39 is 19.8 Å². The minimum absolute atomic E-state index is 0.00653. The molecule has 2 aromatic rings. The van der Waals surface area contributed by atoms with Gasteiger partial charge in [0.05, 0.1) is 10.6 Å². The Bertz CT molecular complexity index is 824. The first kappa shape index (κ1) is 16.8. The monoisotopic (exact) mass is 338 g/mol. The number of hydrogen-bond donors (Lipinski definition) is 2. The molecule has 0 unspecified atom stereocenters. The molecular weight excluding hydrogens is 324 g/mol. The van der Waals surface area contributed by atoms with Crippen molar-refractivity contribution in [3.05, 3.63) is 57.9 Å². The molecule has 0 radical (unpaired) electrons. The van der Waals surface area contributed by atoms with Crippen molar-refractivity contribution in [3.63, 3.8) is 0 Å². The lowest BCUT2D eigenvalue weighted by atomic mass is 10.2. The number of aryl methyl sites for hydroxylation is 1. The fourth-order valence-corrected chi connectivity index (χ4v) is 2.77. The van der Waals surface area contributed by atoms with E-state index in [2.05, 4.69) is 4.98 Å². The number of nitrogens with zero attached hydrogens (tertiary/aromatic N) is 2. The van der Waals surface area contributed by atoms with E-state index in [0.29, 0.717) is 11.3 Å². The minimum atomic E-state index is -4.13. The summed E-state index contributed by atoms with van der Waals surface area (Å²) in [4.78, 5) is 15.5. The van der Waals surface area contributed by atoms with Crippen LogP contribution in [0.25, 0.3) is 0 Å². The molecule has 0 amide bonds. The molecule has 0 spiro atoms. The highest BCUT2D eigenvalue weighted by molar-refractivity contribution is 7.89. The molecule has 0 aliphatic carbocycles. The molecule has 0 saturated carbocycles. The molecule has 0 aliphatic heterocycles. The molecule has 122 valence electrons. The number of pyridine rings is 1. The third-order valence-electron chi connectivity index (χ3n) is 2.97. The van der Waals surface area contributed by atoms with Crippen LogP contribution in [0.1, 0.15) is 11.3 Å². The SMILES string of the molecule is Cc1cc([N+](=O)[O-])cc(S(=O)(=O)NN)c1OCc1ccccn1. The third-order valence-corrected chi connectivity index (χ3v) is 4.16. The van der Waals surface area contributed by atoms with Crippen LogP contribution < -0.4 is 15.4 Å². The first-order valence-corrected chi connectivity index (χ1v) is 7.87. The van der Waals surface area contributed by atoms with Gasteiger partial charge >= 0.3 is 0 Å². The van der Waals surface area contributed by atoms with Crippen LogP contribution in [-0.4, -0.2) is 18.3 Å². The molecule has 0 atom stereocenters. The topological polar surface area (TPSA) is 137 Å². The maximum atomic E-state index is 12.0. The summed E-state index contributed by atoms with van der Waals surface area (Å²) in [6.45, 7) is 1.52. The summed E-state index contributed by atoms with van der Waals surface area (Å²) in [5, 5.41) is 10.9. The second-order valence-corrected chi connectivity index (χ2v) is 6.26. The Balaban J connectivity index is 2.47. The molecule has 1 heterocycles. The van der Waals surface area contributed by atoms with Gasteiger partial charge in [-0.15, -0.1) is 4.83 Å². The molecule has 1 aromatic heterocycles. The summed E-state index contributed by atoms with van der Waals surface area (Å²) < 4.78 is 29.5. The van der Waals surface area contributed by atoms with Gasteiger partial charge in [0.15, 0.2) is 0 Å². The van der Waals surface area contributed by atoms with Crippen LogP contribution in [0.3, 0.4) is 0 Å². The Morgan fingerprint density at radius 2 is 2.13 bits per heavy atom. The van der Waals surface area contributed by atoms with E-state index in [1.54, 1.807) is 29.2 Å². The fraction of sp³-hybridized carbons (Fsp3) is 0.154. The van der Waals surface area contributed by atoms with Gasteiger partial charge in [0.2, 0.25) is 0 Å². The van der Waals surface area contributed by atoms with Gasteiger partial charge in [-0.2, -0.15) is 0 Å². The van der Waals surface area contributed by atoms with Gasteiger partial charge in [0, 0.05) is 18.3 Å². The number of ether oxygens (including phenoxy) is 1. The summed E-state index contributed by atoms with van der Waals surface area (Å²) in [5.41, 5.74) is 0.500. The number of hydrazine groups is 1. The van der Waals surface area contributed by atoms with E-state index in [-0.39, 0.29) is 18.0 Å². The Morgan fingerprint density at radius 3 is 2.70 bits per heavy atom. The van der Waals surface area contributed by atoms with Crippen molar-refractivity contribution in [1.29, 1.82) is 0 Å². The van der Waals surface area contributed by atoms with Gasteiger partial charge < -0.3 is 4.74 Å². The molecule has 3 N–H and O–H groups in total. The number of non-ortho nitro benzene ring substituents is 1. The molecule has 2 rings (SSSR count). The third kappa shape index (κ3) is 3.80. The molecule has 0 fully saturated rings. The van der Waals surface area contributed by atoms with Crippen LogP contribution in [0.5, 0.6) is 5.75 Å². The first-order valence-electron chi connectivity index (χ1n) is 6.39. The van der Waals surface area contributed by atoms with Crippen LogP contribution in [0.15, 0.2) is 41.4 Å². The van der Waals surface area contributed by atoms with Crippen molar-refractivity contribution < 1.29 is 18.1 Å². The fourth-order valence-electron chi connectivity index (χ4n) is 1.91. The van der Waals surface area contributed by atoms with E-state index in [1.807, 2.05) is 0 Å². The summed E-state index contributed by atoms with van der Waals surface area (Å²) in [6, 6.07) is 7.32. The number of hydrogen-bond acceptors (Lipinski definition) is 7. The number of nitro groups is 1. The normalized spacial score (nSPS) is 11.2. The highest BCUT2D eigenvalue weighted by atomic mass is 32.2. The van der Waals surface area contributed by atoms with Gasteiger partial charge in [0.25, 0.3) is 15.7 Å². The Hall–Kier alpha value is -2.56. The Labute approximate surface area is 132 Å². The van der Waals surface area contributed by atoms with E-state index in [4.69, 9.17) is 10.6 Å². The van der Waals surface area contributed by atoms with Crippen LogP contribution in [0.2, 0.25) is 0 Å². The molecule has 10 heteroatoms. The van der Waals surface area contributed by atoms with Gasteiger partial charge in [0.1, 0.15) is 17.3 Å². The molecule has 0 bridgehead atoms. The largest absolute Gasteiger partial charge is 0.486 e. The lowest BCUT2D eigenvalue weighted by Gasteiger charge is -2.13. The highest BCUT2D eigenvalue weighted by Crippen LogP contribution is 2.32. The zero-order chi connectivity index (χ0) is 17.0. The number of nitro benzene ring substituents is 1. The van der Waals surface area contributed by atoms with Gasteiger partial charge in [-0.25, -0.2) is 8.42 Å². The van der Waals surface area contributed by atoms with Crippen LogP contribution in [0, 0.1) is 17.0 Å². The Morgan fingerprint density at radius 1 is 1.39 bits per heavy atom. The second kappa shape index (κ2) is 6.69. The van der Waals surface area contributed by atoms with E-state index in [1.165, 1.54) is 13.0 Å². The lowest BCUT2D eigenvalue weighted by Crippen LogP contribution is -2.30. The molecule has 0 saturated heterocycles. The molecule has 0 aliphatic rings. The predicted molar refractivity (Wildman–Crippen MR) is 80.9 cm³/mol. The quantitative estimate of drug-likeness (QED) is 0.456.